The monoisotopic (exact) mass is 294 g/mol. The number of aromatic nitrogens is 4. The maximum absolute atomic E-state index is 13.6. The molecule has 0 amide bonds. The summed E-state index contributed by atoms with van der Waals surface area (Å²) in [5.41, 5.74) is -0.457. The highest BCUT2D eigenvalue weighted by Crippen LogP contribution is 2.13. The smallest absolute Gasteiger partial charge is 0.244 e. The zero-order chi connectivity index (χ0) is 14.1. The van der Waals surface area contributed by atoms with Crippen LogP contribution in [0.5, 0.6) is 0 Å². The molecule has 3 aromatic rings. The molecule has 0 aliphatic heterocycles. The molecule has 0 aliphatic rings. The van der Waals surface area contributed by atoms with Crippen LogP contribution in [0.2, 0.25) is 0 Å². The number of halogens is 2. The molecular formula is C12H8F2N4OS. The number of hydrogen-bond acceptors (Lipinski definition) is 4. The van der Waals surface area contributed by atoms with Crippen molar-refractivity contribution in [1.29, 1.82) is 0 Å². The van der Waals surface area contributed by atoms with Crippen LogP contribution >= 0.6 is 11.3 Å². The van der Waals surface area contributed by atoms with E-state index in [0.29, 0.717) is 5.00 Å². The van der Waals surface area contributed by atoms with Crippen LogP contribution in [0.4, 0.5) is 8.78 Å². The van der Waals surface area contributed by atoms with Gasteiger partial charge in [0.25, 0.3) is 0 Å². The van der Waals surface area contributed by atoms with Crippen LogP contribution in [0.25, 0.3) is 5.00 Å². The molecule has 102 valence electrons. The van der Waals surface area contributed by atoms with Gasteiger partial charge in [-0.3, -0.25) is 0 Å². The van der Waals surface area contributed by atoms with Crippen LogP contribution in [0.1, 0.15) is 5.56 Å². The molecule has 0 saturated heterocycles. The molecule has 0 unspecified atom stereocenters. The highest BCUT2D eigenvalue weighted by molar-refractivity contribution is 7.12. The Kier molecular flexibility index (Phi) is 3.15. The van der Waals surface area contributed by atoms with Crippen LogP contribution in [-0.2, 0) is 6.54 Å². The lowest BCUT2D eigenvalue weighted by Crippen LogP contribution is -2.24. The molecule has 0 N–H and O–H groups in total. The summed E-state index contributed by atoms with van der Waals surface area (Å²) >= 11 is 1.33. The molecule has 20 heavy (non-hydrogen) atoms. The molecule has 8 heteroatoms. The van der Waals surface area contributed by atoms with Crippen LogP contribution < -0.4 is 5.69 Å². The summed E-state index contributed by atoms with van der Waals surface area (Å²) in [5, 5.41) is 9.80. The predicted molar refractivity (Wildman–Crippen MR) is 69.0 cm³/mol. The molecular weight excluding hydrogens is 286 g/mol. The second-order valence-electron chi connectivity index (χ2n) is 4.00. The molecule has 5 nitrogen and oxygen atoms in total. The van der Waals surface area contributed by atoms with E-state index in [-0.39, 0.29) is 12.1 Å². The fourth-order valence-corrected chi connectivity index (χ4v) is 2.40. The fraction of sp³-hybridized carbons (Fsp3) is 0.0833. The van der Waals surface area contributed by atoms with Gasteiger partial charge in [0, 0.05) is 5.56 Å². The molecule has 0 aliphatic carbocycles. The minimum atomic E-state index is -0.981. The van der Waals surface area contributed by atoms with Gasteiger partial charge in [0.05, 0.1) is 6.54 Å². The first-order valence-electron chi connectivity index (χ1n) is 5.66. The molecule has 0 atom stereocenters. The number of nitrogens with zero attached hydrogens (tertiary/aromatic N) is 4. The van der Waals surface area contributed by atoms with Gasteiger partial charge in [0.1, 0.15) is 5.00 Å². The summed E-state index contributed by atoms with van der Waals surface area (Å²) in [6, 6.07) is 7.28. The summed E-state index contributed by atoms with van der Waals surface area (Å²) in [7, 11) is 0. The molecule has 0 bridgehead atoms. The summed E-state index contributed by atoms with van der Waals surface area (Å²) < 4.78 is 28.8. The van der Waals surface area contributed by atoms with Crippen molar-refractivity contribution in [3.05, 3.63) is 63.4 Å². The Morgan fingerprint density at radius 2 is 2.00 bits per heavy atom. The quantitative estimate of drug-likeness (QED) is 0.740. The molecule has 0 saturated carbocycles. The Morgan fingerprint density at radius 3 is 2.75 bits per heavy atom. The molecule has 3 rings (SSSR count). The first kappa shape index (κ1) is 12.7. The topological polar surface area (TPSA) is 52.7 Å². The average molecular weight is 294 g/mol. The van der Waals surface area contributed by atoms with E-state index < -0.39 is 17.3 Å². The van der Waals surface area contributed by atoms with Gasteiger partial charge in [0.2, 0.25) is 0 Å². The number of hydrogen-bond donors (Lipinski definition) is 0. The Hall–Kier alpha value is -2.35. The van der Waals surface area contributed by atoms with E-state index in [2.05, 4.69) is 10.4 Å². The van der Waals surface area contributed by atoms with Crippen molar-refractivity contribution in [3.8, 4) is 5.00 Å². The summed E-state index contributed by atoms with van der Waals surface area (Å²) in [4.78, 5) is 12.1. The van der Waals surface area contributed by atoms with Crippen LogP contribution in [0.15, 0.2) is 40.5 Å². The Balaban J connectivity index is 1.97. The maximum atomic E-state index is 13.6. The Bertz CT molecular complexity index is 794. The van der Waals surface area contributed by atoms with E-state index in [1.54, 1.807) is 17.5 Å². The van der Waals surface area contributed by atoms with Gasteiger partial charge >= 0.3 is 5.69 Å². The standard InChI is InChI=1S/C12H8F2N4OS/c13-9-4-1-3-8(11(9)14)7-17-12(19)18(16-15-17)10-5-2-6-20-10/h1-6H,7H2. The molecule has 2 aromatic heterocycles. The van der Waals surface area contributed by atoms with Crippen molar-refractivity contribution in [3.63, 3.8) is 0 Å². The van der Waals surface area contributed by atoms with Gasteiger partial charge in [-0.25, -0.2) is 13.6 Å². The number of tetrazole rings is 1. The van der Waals surface area contributed by atoms with Crippen LogP contribution in [0.3, 0.4) is 0 Å². The van der Waals surface area contributed by atoms with Gasteiger partial charge in [-0.2, -0.15) is 9.36 Å². The third-order valence-corrected chi connectivity index (χ3v) is 3.55. The average Bonchev–Trinajstić information content (AvgIpc) is 3.06. The van der Waals surface area contributed by atoms with Crippen molar-refractivity contribution in [2.24, 2.45) is 0 Å². The largest absolute Gasteiger partial charge is 0.369 e. The Morgan fingerprint density at radius 1 is 1.15 bits per heavy atom. The van der Waals surface area contributed by atoms with Crippen molar-refractivity contribution < 1.29 is 8.78 Å². The first-order valence-corrected chi connectivity index (χ1v) is 6.54. The maximum Gasteiger partial charge on any atom is 0.369 e. The number of thiophene rings is 1. The van der Waals surface area contributed by atoms with E-state index >= 15 is 0 Å². The van der Waals surface area contributed by atoms with Gasteiger partial charge in [-0.05, 0) is 34.0 Å². The fourth-order valence-electron chi connectivity index (χ4n) is 1.73. The van der Waals surface area contributed by atoms with Crippen molar-refractivity contribution in [1.82, 2.24) is 19.8 Å². The summed E-state index contributed by atoms with van der Waals surface area (Å²) in [6.45, 7) is -0.173. The van der Waals surface area contributed by atoms with Gasteiger partial charge in [0.15, 0.2) is 11.6 Å². The lowest BCUT2D eigenvalue weighted by Gasteiger charge is -2.02. The van der Waals surface area contributed by atoms with Gasteiger partial charge < -0.3 is 0 Å². The molecule has 2 heterocycles. The van der Waals surface area contributed by atoms with Gasteiger partial charge in [-0.15, -0.1) is 11.3 Å². The van der Waals surface area contributed by atoms with Crippen LogP contribution in [0, 0.1) is 11.6 Å². The first-order chi connectivity index (χ1) is 9.66. The minimum absolute atomic E-state index is 0.0466. The third-order valence-electron chi connectivity index (χ3n) is 2.71. The van der Waals surface area contributed by atoms with E-state index in [1.165, 1.54) is 23.5 Å². The van der Waals surface area contributed by atoms with E-state index in [4.69, 9.17) is 0 Å². The summed E-state index contributed by atoms with van der Waals surface area (Å²) in [6.07, 6.45) is 0. The zero-order valence-corrected chi connectivity index (χ0v) is 10.8. The normalized spacial score (nSPS) is 10.9. The Labute approximate surface area is 115 Å². The second kappa shape index (κ2) is 4.97. The number of rotatable bonds is 3. The SMILES string of the molecule is O=c1n(Cc2cccc(F)c2F)nnn1-c1cccs1. The summed E-state index contributed by atoms with van der Waals surface area (Å²) in [5.74, 6) is -1.94. The molecule has 0 fully saturated rings. The third kappa shape index (κ3) is 2.14. The van der Waals surface area contributed by atoms with E-state index in [0.717, 1.165) is 15.4 Å². The number of benzene rings is 1. The second-order valence-corrected chi connectivity index (χ2v) is 4.92. The minimum Gasteiger partial charge on any atom is -0.244 e. The van der Waals surface area contributed by atoms with Gasteiger partial charge in [-0.1, -0.05) is 12.1 Å². The van der Waals surface area contributed by atoms with E-state index in [9.17, 15) is 13.6 Å². The highest BCUT2D eigenvalue weighted by atomic mass is 32.1. The predicted octanol–water partition coefficient (Wildman–Crippen LogP) is 1.82. The van der Waals surface area contributed by atoms with E-state index in [1.807, 2.05) is 0 Å². The van der Waals surface area contributed by atoms with Crippen LogP contribution in [-0.4, -0.2) is 19.8 Å². The lowest BCUT2D eigenvalue weighted by atomic mass is 10.2. The molecule has 0 radical (unpaired) electrons. The van der Waals surface area contributed by atoms with Crippen molar-refractivity contribution >= 4 is 11.3 Å². The molecule has 1 aromatic carbocycles. The zero-order valence-electron chi connectivity index (χ0n) is 10.0. The lowest BCUT2D eigenvalue weighted by molar-refractivity contribution is 0.489. The van der Waals surface area contributed by atoms with Crippen molar-refractivity contribution in [2.45, 2.75) is 6.54 Å². The molecule has 0 spiro atoms. The highest BCUT2D eigenvalue weighted by Gasteiger charge is 2.13. The van der Waals surface area contributed by atoms with Crippen molar-refractivity contribution in [2.75, 3.05) is 0 Å².